The molecule has 7 rings (SSSR count). The Morgan fingerprint density at radius 1 is 0.333 bits per heavy atom. The summed E-state index contributed by atoms with van der Waals surface area (Å²) in [4.78, 5) is 0. The quantitative estimate of drug-likeness (QED) is 0.332. The van der Waals surface area contributed by atoms with E-state index in [2.05, 4.69) is 0 Å². The Morgan fingerprint density at radius 3 is 0.714 bits per heavy atom. The van der Waals surface area contributed by atoms with Gasteiger partial charge in [0, 0.05) is 32.3 Å². The lowest BCUT2D eigenvalue weighted by atomic mass is 9.95. The standard InChI is InChI=1S/C18H6O3/c1-2-8-14-13-7(1)19-9-3-4-11-17(15(9)13)18-12(21-11)6-5-10(20-8)16(14)18/h1-6H. The minimum absolute atomic E-state index is 0.913. The second kappa shape index (κ2) is 2.49. The van der Waals surface area contributed by atoms with E-state index in [1.54, 1.807) is 0 Å². The monoisotopic (exact) mass is 270 g/mol. The lowest BCUT2D eigenvalue weighted by Gasteiger charge is -2.01. The van der Waals surface area contributed by atoms with Crippen LogP contribution in [0.3, 0.4) is 0 Å². The van der Waals surface area contributed by atoms with Crippen molar-refractivity contribution in [2.24, 2.45) is 0 Å². The maximum absolute atomic E-state index is 6.03. The average molecular weight is 270 g/mol. The Bertz CT molecular complexity index is 1120. The van der Waals surface area contributed by atoms with Crippen LogP contribution < -0.4 is 0 Å². The molecule has 0 aliphatic carbocycles. The van der Waals surface area contributed by atoms with Gasteiger partial charge in [0.1, 0.15) is 33.5 Å². The van der Waals surface area contributed by atoms with Gasteiger partial charge in [0.15, 0.2) is 0 Å². The maximum Gasteiger partial charge on any atom is 0.136 e. The highest BCUT2D eigenvalue weighted by Crippen LogP contribution is 2.51. The van der Waals surface area contributed by atoms with Crippen LogP contribution in [0.25, 0.3) is 65.8 Å². The average Bonchev–Trinajstić information content (AvgIpc) is 3.14. The first-order valence-electron chi connectivity index (χ1n) is 6.96. The van der Waals surface area contributed by atoms with Gasteiger partial charge in [0.25, 0.3) is 0 Å². The highest BCUT2D eigenvalue weighted by atomic mass is 16.3. The van der Waals surface area contributed by atoms with Gasteiger partial charge in [-0.1, -0.05) is 0 Å². The Morgan fingerprint density at radius 2 is 0.524 bits per heavy atom. The molecule has 3 heteroatoms. The van der Waals surface area contributed by atoms with Crippen molar-refractivity contribution in [1.82, 2.24) is 0 Å². The van der Waals surface area contributed by atoms with Crippen LogP contribution in [0.2, 0.25) is 0 Å². The fourth-order valence-electron chi connectivity index (χ4n) is 4.05. The molecule has 0 atom stereocenters. The molecule has 21 heavy (non-hydrogen) atoms. The summed E-state index contributed by atoms with van der Waals surface area (Å²) in [7, 11) is 0. The van der Waals surface area contributed by atoms with Gasteiger partial charge in [0.05, 0.1) is 0 Å². The number of rotatable bonds is 0. The van der Waals surface area contributed by atoms with Gasteiger partial charge in [-0.15, -0.1) is 0 Å². The summed E-state index contributed by atoms with van der Waals surface area (Å²) in [6.45, 7) is 0. The molecule has 0 saturated carbocycles. The molecular formula is C18H6O3. The van der Waals surface area contributed by atoms with E-state index in [0.717, 1.165) is 65.8 Å². The summed E-state index contributed by atoms with van der Waals surface area (Å²) in [5.41, 5.74) is 5.48. The second-order valence-electron chi connectivity index (χ2n) is 5.74. The van der Waals surface area contributed by atoms with Gasteiger partial charge in [-0.2, -0.15) is 0 Å². The van der Waals surface area contributed by atoms with Gasteiger partial charge in [-0.05, 0) is 36.4 Å². The predicted molar refractivity (Wildman–Crippen MR) is 81.8 cm³/mol. The molecule has 0 spiro atoms. The van der Waals surface area contributed by atoms with E-state index in [1.807, 2.05) is 36.4 Å². The molecule has 3 nitrogen and oxygen atoms in total. The van der Waals surface area contributed by atoms with Crippen LogP contribution in [-0.2, 0) is 0 Å². The van der Waals surface area contributed by atoms with Gasteiger partial charge in [-0.3, -0.25) is 0 Å². The summed E-state index contributed by atoms with van der Waals surface area (Å²) in [6, 6.07) is 12.0. The molecule has 96 valence electrons. The van der Waals surface area contributed by atoms with E-state index in [-0.39, 0.29) is 0 Å². The van der Waals surface area contributed by atoms with E-state index >= 15 is 0 Å². The third kappa shape index (κ3) is 0.745. The summed E-state index contributed by atoms with van der Waals surface area (Å²) in [5, 5.41) is 6.96. The molecule has 0 aliphatic heterocycles. The minimum Gasteiger partial charge on any atom is -0.456 e. The number of hydrogen-bond donors (Lipinski definition) is 0. The molecule has 4 aromatic carbocycles. The van der Waals surface area contributed by atoms with E-state index in [1.165, 1.54) is 0 Å². The summed E-state index contributed by atoms with van der Waals surface area (Å²) < 4.78 is 18.1. The fourth-order valence-corrected chi connectivity index (χ4v) is 4.05. The van der Waals surface area contributed by atoms with Gasteiger partial charge in [0.2, 0.25) is 0 Å². The summed E-state index contributed by atoms with van der Waals surface area (Å²) in [6.07, 6.45) is 0. The predicted octanol–water partition coefficient (Wildman–Crippen LogP) is 5.70. The van der Waals surface area contributed by atoms with E-state index in [4.69, 9.17) is 13.3 Å². The van der Waals surface area contributed by atoms with Crippen LogP contribution in [0.15, 0.2) is 49.6 Å². The molecule has 0 saturated heterocycles. The Kier molecular flexibility index (Phi) is 1.08. The molecule has 0 N–H and O–H groups in total. The molecule has 0 bridgehead atoms. The van der Waals surface area contributed by atoms with Gasteiger partial charge in [-0.25, -0.2) is 0 Å². The molecule has 3 aromatic heterocycles. The third-order valence-electron chi connectivity index (χ3n) is 4.80. The lowest BCUT2D eigenvalue weighted by Crippen LogP contribution is -1.78. The van der Waals surface area contributed by atoms with Crippen molar-refractivity contribution in [3.05, 3.63) is 36.4 Å². The van der Waals surface area contributed by atoms with E-state index < -0.39 is 0 Å². The maximum atomic E-state index is 6.03. The molecule has 0 radical (unpaired) electrons. The van der Waals surface area contributed by atoms with Gasteiger partial charge >= 0.3 is 0 Å². The van der Waals surface area contributed by atoms with E-state index in [9.17, 15) is 0 Å². The van der Waals surface area contributed by atoms with Crippen molar-refractivity contribution in [2.75, 3.05) is 0 Å². The summed E-state index contributed by atoms with van der Waals surface area (Å²) >= 11 is 0. The van der Waals surface area contributed by atoms with E-state index in [0.29, 0.717) is 0 Å². The molecule has 0 aliphatic rings. The minimum atomic E-state index is 0.913. The Labute approximate surface area is 116 Å². The van der Waals surface area contributed by atoms with Crippen LogP contribution in [-0.4, -0.2) is 0 Å². The molecule has 3 heterocycles. The molecular weight excluding hydrogens is 264 g/mol. The van der Waals surface area contributed by atoms with Crippen LogP contribution in [0.4, 0.5) is 0 Å². The molecule has 0 amide bonds. The van der Waals surface area contributed by atoms with Crippen molar-refractivity contribution in [1.29, 1.82) is 0 Å². The van der Waals surface area contributed by atoms with Crippen LogP contribution in [0, 0.1) is 0 Å². The smallest absolute Gasteiger partial charge is 0.136 e. The molecule has 0 unspecified atom stereocenters. The number of hydrogen-bond acceptors (Lipinski definition) is 3. The number of furan rings is 3. The van der Waals surface area contributed by atoms with Crippen LogP contribution in [0.1, 0.15) is 0 Å². The van der Waals surface area contributed by atoms with Crippen LogP contribution in [0.5, 0.6) is 0 Å². The first kappa shape index (κ1) is 9.08. The second-order valence-corrected chi connectivity index (χ2v) is 5.74. The molecule has 7 aromatic rings. The largest absolute Gasteiger partial charge is 0.456 e. The number of benzene rings is 4. The Hall–Kier alpha value is -2.94. The SMILES string of the molecule is c1cc2oc3ccc4oc5ccc6oc1c1c2c3c4c5c61. The molecule has 0 fully saturated rings. The zero-order valence-corrected chi connectivity index (χ0v) is 10.7. The highest BCUT2D eigenvalue weighted by molar-refractivity contribution is 6.43. The lowest BCUT2D eigenvalue weighted by molar-refractivity contribution is 0.663. The topological polar surface area (TPSA) is 39.4 Å². The van der Waals surface area contributed by atoms with Crippen LogP contribution >= 0.6 is 0 Å². The van der Waals surface area contributed by atoms with Crippen molar-refractivity contribution in [3.8, 4) is 0 Å². The summed E-state index contributed by atoms with van der Waals surface area (Å²) in [5.74, 6) is 0. The zero-order valence-electron chi connectivity index (χ0n) is 10.7. The Balaban J connectivity index is 2.18. The van der Waals surface area contributed by atoms with Crippen molar-refractivity contribution in [3.63, 3.8) is 0 Å². The zero-order chi connectivity index (χ0) is 13.3. The first-order valence-corrected chi connectivity index (χ1v) is 6.96. The van der Waals surface area contributed by atoms with Gasteiger partial charge < -0.3 is 13.3 Å². The first-order chi connectivity index (χ1) is 10.4. The fraction of sp³-hybridized carbons (Fsp3) is 0. The normalized spacial score (nSPS) is 13.7. The third-order valence-corrected chi connectivity index (χ3v) is 4.80. The van der Waals surface area contributed by atoms with Crippen molar-refractivity contribution >= 4 is 65.8 Å². The van der Waals surface area contributed by atoms with Crippen molar-refractivity contribution < 1.29 is 13.3 Å². The van der Waals surface area contributed by atoms with Crippen molar-refractivity contribution in [2.45, 2.75) is 0 Å². The highest BCUT2D eigenvalue weighted by Gasteiger charge is 2.26.